The second-order valence-corrected chi connectivity index (χ2v) is 8.99. The molecule has 6 rings (SSSR count). The number of benzene rings is 5. The Labute approximate surface area is 211 Å². The lowest BCUT2D eigenvalue weighted by Crippen LogP contribution is -2.13. The number of aromatic nitrogens is 2. The SMILES string of the molecule is Cc1cc(N(c2ccc(N(C)c3ccc4ccccc4c3)cc2)c2ccc3ccccc3c2)ncn1. The van der Waals surface area contributed by atoms with Crippen LogP contribution in [0, 0.1) is 6.92 Å². The number of fused-ring (bicyclic) bond motifs is 2. The molecule has 0 bridgehead atoms. The van der Waals surface area contributed by atoms with Crippen LogP contribution >= 0.6 is 0 Å². The quantitative estimate of drug-likeness (QED) is 0.256. The highest BCUT2D eigenvalue weighted by Crippen LogP contribution is 2.36. The molecule has 1 aromatic heterocycles. The van der Waals surface area contributed by atoms with E-state index in [0.29, 0.717) is 0 Å². The van der Waals surface area contributed by atoms with E-state index < -0.39 is 0 Å². The molecule has 0 aliphatic carbocycles. The van der Waals surface area contributed by atoms with Gasteiger partial charge in [-0.05, 0) is 77.0 Å². The maximum absolute atomic E-state index is 4.61. The highest BCUT2D eigenvalue weighted by Gasteiger charge is 2.15. The molecule has 6 aromatic rings. The van der Waals surface area contributed by atoms with Gasteiger partial charge in [0.05, 0.1) is 0 Å². The Morgan fingerprint density at radius 1 is 0.500 bits per heavy atom. The summed E-state index contributed by atoms with van der Waals surface area (Å²) < 4.78 is 0. The summed E-state index contributed by atoms with van der Waals surface area (Å²) in [4.78, 5) is 13.3. The molecule has 0 unspecified atom stereocenters. The van der Waals surface area contributed by atoms with Crippen molar-refractivity contribution in [2.45, 2.75) is 6.92 Å². The molecule has 0 saturated carbocycles. The first kappa shape index (κ1) is 21.8. The van der Waals surface area contributed by atoms with E-state index in [4.69, 9.17) is 0 Å². The Hall–Kier alpha value is -4.70. The van der Waals surface area contributed by atoms with Gasteiger partial charge in [0, 0.05) is 41.6 Å². The maximum atomic E-state index is 4.61. The molecule has 0 saturated heterocycles. The third kappa shape index (κ3) is 4.14. The van der Waals surface area contributed by atoms with E-state index in [0.717, 1.165) is 34.3 Å². The molecular weight excluding hydrogens is 440 g/mol. The van der Waals surface area contributed by atoms with E-state index in [1.54, 1.807) is 6.33 Å². The van der Waals surface area contributed by atoms with E-state index in [1.165, 1.54) is 21.5 Å². The number of hydrogen-bond acceptors (Lipinski definition) is 4. The van der Waals surface area contributed by atoms with Crippen molar-refractivity contribution in [2.75, 3.05) is 16.8 Å². The fourth-order valence-corrected chi connectivity index (χ4v) is 4.65. The number of anilines is 5. The zero-order chi connectivity index (χ0) is 24.5. The Bertz CT molecular complexity index is 1670. The van der Waals surface area contributed by atoms with Crippen LogP contribution in [-0.2, 0) is 0 Å². The summed E-state index contributed by atoms with van der Waals surface area (Å²) in [6.45, 7) is 1.99. The molecule has 36 heavy (non-hydrogen) atoms. The van der Waals surface area contributed by atoms with Crippen LogP contribution in [0.1, 0.15) is 5.69 Å². The largest absolute Gasteiger partial charge is 0.345 e. The third-order valence-corrected chi connectivity index (χ3v) is 6.63. The Balaban J connectivity index is 1.39. The Morgan fingerprint density at radius 3 is 1.67 bits per heavy atom. The average Bonchev–Trinajstić information content (AvgIpc) is 2.93. The molecule has 0 amide bonds. The van der Waals surface area contributed by atoms with Crippen molar-refractivity contribution >= 4 is 50.1 Å². The minimum absolute atomic E-state index is 0.841. The lowest BCUT2D eigenvalue weighted by atomic mass is 10.1. The van der Waals surface area contributed by atoms with Crippen molar-refractivity contribution < 1.29 is 0 Å². The van der Waals surface area contributed by atoms with Gasteiger partial charge < -0.3 is 4.90 Å². The van der Waals surface area contributed by atoms with E-state index in [1.807, 2.05) is 13.0 Å². The second-order valence-electron chi connectivity index (χ2n) is 8.99. The van der Waals surface area contributed by atoms with Crippen LogP contribution in [0.15, 0.2) is 122 Å². The predicted octanol–water partition coefficient (Wildman–Crippen LogP) is 8.33. The molecule has 0 radical (unpaired) electrons. The van der Waals surface area contributed by atoms with Crippen molar-refractivity contribution in [3.63, 3.8) is 0 Å². The van der Waals surface area contributed by atoms with Crippen LogP contribution in [0.3, 0.4) is 0 Å². The third-order valence-electron chi connectivity index (χ3n) is 6.63. The number of rotatable bonds is 5. The van der Waals surface area contributed by atoms with E-state index in [2.05, 4.69) is 136 Å². The number of hydrogen-bond donors (Lipinski definition) is 0. The fourth-order valence-electron chi connectivity index (χ4n) is 4.65. The summed E-state index contributed by atoms with van der Waals surface area (Å²) in [5.74, 6) is 0.841. The van der Waals surface area contributed by atoms with Gasteiger partial charge in [0.15, 0.2) is 0 Å². The second kappa shape index (κ2) is 9.16. The van der Waals surface area contributed by atoms with Gasteiger partial charge in [-0.2, -0.15) is 0 Å². The first-order valence-corrected chi connectivity index (χ1v) is 12.1. The maximum Gasteiger partial charge on any atom is 0.141 e. The Morgan fingerprint density at radius 2 is 1.03 bits per heavy atom. The Kier molecular flexibility index (Phi) is 5.55. The molecule has 0 atom stereocenters. The molecule has 4 heteroatoms. The van der Waals surface area contributed by atoms with Crippen LogP contribution in [-0.4, -0.2) is 17.0 Å². The topological polar surface area (TPSA) is 32.3 Å². The zero-order valence-electron chi connectivity index (χ0n) is 20.3. The summed E-state index contributed by atoms with van der Waals surface area (Å²) in [7, 11) is 2.11. The van der Waals surface area contributed by atoms with Crippen molar-refractivity contribution in [3.8, 4) is 0 Å². The van der Waals surface area contributed by atoms with Gasteiger partial charge in [-0.15, -0.1) is 0 Å². The van der Waals surface area contributed by atoms with E-state index >= 15 is 0 Å². The van der Waals surface area contributed by atoms with Gasteiger partial charge in [-0.3, -0.25) is 4.90 Å². The minimum atomic E-state index is 0.841. The summed E-state index contributed by atoms with van der Waals surface area (Å²) in [6.07, 6.45) is 1.63. The zero-order valence-corrected chi connectivity index (χ0v) is 20.3. The molecular formula is C32H26N4. The summed E-state index contributed by atoms with van der Waals surface area (Å²) >= 11 is 0. The van der Waals surface area contributed by atoms with Crippen molar-refractivity contribution in [3.05, 3.63) is 127 Å². The van der Waals surface area contributed by atoms with Crippen LogP contribution in [0.5, 0.6) is 0 Å². The highest BCUT2D eigenvalue weighted by atomic mass is 15.2. The van der Waals surface area contributed by atoms with Gasteiger partial charge in [0.25, 0.3) is 0 Å². The van der Waals surface area contributed by atoms with Crippen molar-refractivity contribution in [2.24, 2.45) is 0 Å². The summed E-state index contributed by atoms with van der Waals surface area (Å²) in [5.41, 5.74) is 5.30. The molecule has 0 fully saturated rings. The predicted molar refractivity (Wildman–Crippen MR) is 151 cm³/mol. The standard InChI is InChI=1S/C32H26N4/c1-23-19-32(34-22-33-23)36(31-14-12-25-8-4-6-10-27(25)21-31)29-17-15-28(16-18-29)35(2)30-13-11-24-7-3-5-9-26(24)20-30/h3-22H,1-2H3. The van der Waals surface area contributed by atoms with Gasteiger partial charge in [0.2, 0.25) is 0 Å². The van der Waals surface area contributed by atoms with Crippen LogP contribution in [0.4, 0.5) is 28.6 Å². The van der Waals surface area contributed by atoms with Crippen LogP contribution < -0.4 is 9.80 Å². The first-order valence-electron chi connectivity index (χ1n) is 12.1. The smallest absolute Gasteiger partial charge is 0.141 e. The molecule has 5 aromatic carbocycles. The fraction of sp³-hybridized carbons (Fsp3) is 0.0625. The lowest BCUT2D eigenvalue weighted by molar-refractivity contribution is 1.07. The molecule has 4 nitrogen and oxygen atoms in total. The average molecular weight is 467 g/mol. The molecule has 1 heterocycles. The molecule has 0 N–H and O–H groups in total. The molecule has 174 valence electrons. The summed E-state index contributed by atoms with van der Waals surface area (Å²) in [5, 5.41) is 4.89. The molecule has 0 aliphatic rings. The van der Waals surface area contributed by atoms with Crippen LogP contribution in [0.25, 0.3) is 21.5 Å². The lowest BCUT2D eigenvalue weighted by Gasteiger charge is -2.26. The van der Waals surface area contributed by atoms with E-state index in [-0.39, 0.29) is 0 Å². The molecule has 0 aliphatic heterocycles. The number of aryl methyl sites for hydroxylation is 1. The van der Waals surface area contributed by atoms with Gasteiger partial charge in [0.1, 0.15) is 12.1 Å². The van der Waals surface area contributed by atoms with Crippen molar-refractivity contribution in [1.82, 2.24) is 9.97 Å². The first-order chi connectivity index (χ1) is 17.7. The monoisotopic (exact) mass is 466 g/mol. The van der Waals surface area contributed by atoms with Gasteiger partial charge in [-0.1, -0.05) is 60.7 Å². The van der Waals surface area contributed by atoms with Gasteiger partial charge >= 0.3 is 0 Å². The van der Waals surface area contributed by atoms with Crippen LogP contribution in [0.2, 0.25) is 0 Å². The van der Waals surface area contributed by atoms with Gasteiger partial charge in [-0.25, -0.2) is 9.97 Å². The number of nitrogens with zero attached hydrogens (tertiary/aromatic N) is 4. The minimum Gasteiger partial charge on any atom is -0.345 e. The normalized spacial score (nSPS) is 11.1. The highest BCUT2D eigenvalue weighted by molar-refractivity contribution is 5.89. The molecule has 0 spiro atoms. The summed E-state index contributed by atoms with van der Waals surface area (Å²) in [6, 6.07) is 40.6. The van der Waals surface area contributed by atoms with E-state index in [9.17, 15) is 0 Å². The van der Waals surface area contributed by atoms with Crippen molar-refractivity contribution in [1.29, 1.82) is 0 Å².